The topological polar surface area (TPSA) is 0 Å². The van der Waals surface area contributed by atoms with Crippen LogP contribution in [0.2, 0.25) is 0 Å². The zero-order chi connectivity index (χ0) is 22.1. The lowest BCUT2D eigenvalue weighted by Gasteiger charge is -2.28. The first-order chi connectivity index (χ1) is 14.9. The molecule has 0 heterocycles. The maximum Gasteiger partial charge on any atom is 0.167 e. The monoisotopic (exact) mass is 430 g/mol. The molecule has 2 saturated carbocycles. The molecule has 0 amide bonds. The van der Waals surface area contributed by atoms with Gasteiger partial charge in [0.05, 0.1) is 0 Å². The first-order valence-corrected chi connectivity index (χ1v) is 11.5. The maximum atomic E-state index is 15.0. The van der Waals surface area contributed by atoms with Crippen molar-refractivity contribution in [2.24, 2.45) is 11.8 Å². The van der Waals surface area contributed by atoms with Crippen molar-refractivity contribution in [2.45, 2.75) is 70.1 Å². The van der Waals surface area contributed by atoms with Crippen LogP contribution in [0.4, 0.5) is 17.6 Å². The van der Waals surface area contributed by atoms with Crippen molar-refractivity contribution in [3.63, 3.8) is 0 Å². The molecular formula is C27H30F4. The fourth-order valence-electron chi connectivity index (χ4n) is 5.41. The highest BCUT2D eigenvalue weighted by atomic mass is 19.2. The summed E-state index contributed by atoms with van der Waals surface area (Å²) in [5.41, 5.74) is 0.243. The third-order valence-electron chi connectivity index (χ3n) is 7.52. The summed E-state index contributed by atoms with van der Waals surface area (Å²) in [6, 6.07) is 5.89. The van der Waals surface area contributed by atoms with Crippen LogP contribution in [0.25, 0.3) is 11.1 Å². The fraction of sp³-hybridized carbons (Fsp3) is 0.481. The zero-order valence-corrected chi connectivity index (χ0v) is 18.1. The Bertz CT molecular complexity index is 948. The van der Waals surface area contributed by atoms with Crippen molar-refractivity contribution >= 4 is 0 Å². The predicted molar refractivity (Wildman–Crippen MR) is 117 cm³/mol. The highest BCUT2D eigenvalue weighted by Crippen LogP contribution is 2.41. The maximum absolute atomic E-state index is 15.0. The molecule has 0 unspecified atom stereocenters. The van der Waals surface area contributed by atoms with Gasteiger partial charge in [-0.2, -0.15) is 0 Å². The minimum absolute atomic E-state index is 0.0191. The molecule has 166 valence electrons. The molecule has 4 rings (SSSR count). The van der Waals surface area contributed by atoms with E-state index < -0.39 is 23.3 Å². The molecule has 2 aromatic rings. The van der Waals surface area contributed by atoms with E-state index in [0.29, 0.717) is 23.0 Å². The van der Waals surface area contributed by atoms with E-state index in [0.717, 1.165) is 51.4 Å². The lowest BCUT2D eigenvalue weighted by molar-refractivity contribution is 0.339. The minimum Gasteiger partial charge on any atom is -0.203 e. The van der Waals surface area contributed by atoms with Crippen LogP contribution in [0.3, 0.4) is 0 Å². The first kappa shape index (κ1) is 22.1. The second-order valence-electron chi connectivity index (χ2n) is 9.46. The molecule has 2 aliphatic carbocycles. The van der Waals surface area contributed by atoms with E-state index >= 15 is 0 Å². The van der Waals surface area contributed by atoms with Crippen molar-refractivity contribution < 1.29 is 17.6 Å². The van der Waals surface area contributed by atoms with E-state index in [2.05, 4.69) is 13.5 Å². The van der Waals surface area contributed by atoms with E-state index in [4.69, 9.17) is 0 Å². The minimum atomic E-state index is -1.10. The van der Waals surface area contributed by atoms with Gasteiger partial charge >= 0.3 is 0 Å². The molecule has 0 nitrogen and oxygen atoms in total. The van der Waals surface area contributed by atoms with E-state index in [1.54, 1.807) is 12.1 Å². The number of hydrogen-bond donors (Lipinski definition) is 0. The molecule has 0 atom stereocenters. The van der Waals surface area contributed by atoms with Gasteiger partial charge in [0.25, 0.3) is 0 Å². The van der Waals surface area contributed by atoms with Gasteiger partial charge in [0.15, 0.2) is 23.3 Å². The summed E-state index contributed by atoms with van der Waals surface area (Å²) in [4.78, 5) is 0. The Hall–Kier alpha value is -2.10. The summed E-state index contributed by atoms with van der Waals surface area (Å²) in [5, 5.41) is 0. The Labute approximate surface area is 182 Å². The summed E-state index contributed by atoms with van der Waals surface area (Å²) in [7, 11) is 0. The molecule has 31 heavy (non-hydrogen) atoms. The highest BCUT2D eigenvalue weighted by molar-refractivity contribution is 5.66. The zero-order valence-electron chi connectivity index (χ0n) is 18.1. The van der Waals surface area contributed by atoms with Crippen LogP contribution in [0.1, 0.15) is 81.3 Å². The summed E-state index contributed by atoms with van der Waals surface area (Å²) in [5.74, 6) is -3.10. The van der Waals surface area contributed by atoms with Crippen LogP contribution >= 0.6 is 0 Å². The van der Waals surface area contributed by atoms with Crippen molar-refractivity contribution in [1.82, 2.24) is 0 Å². The Balaban J connectivity index is 1.62. The molecule has 0 bridgehead atoms. The SMILES string of the molecule is C=CC1CCC(c2ccc(-c3ccc(C4CCC(C)CC4)c(F)c3F)c(F)c2F)CC1. The molecule has 0 spiro atoms. The van der Waals surface area contributed by atoms with E-state index in [9.17, 15) is 17.6 Å². The average molecular weight is 431 g/mol. The van der Waals surface area contributed by atoms with Crippen molar-refractivity contribution in [1.29, 1.82) is 0 Å². The van der Waals surface area contributed by atoms with Crippen molar-refractivity contribution in [3.8, 4) is 11.1 Å². The molecule has 0 aromatic heterocycles. The van der Waals surface area contributed by atoms with Crippen molar-refractivity contribution in [2.75, 3.05) is 0 Å². The summed E-state index contributed by atoms with van der Waals surface area (Å²) < 4.78 is 59.8. The highest BCUT2D eigenvalue weighted by Gasteiger charge is 2.28. The summed E-state index contributed by atoms with van der Waals surface area (Å²) >= 11 is 0. The fourth-order valence-corrected chi connectivity index (χ4v) is 5.41. The normalized spacial score (nSPS) is 26.6. The predicted octanol–water partition coefficient (Wildman–Crippen LogP) is 8.66. The average Bonchev–Trinajstić information content (AvgIpc) is 2.79. The lowest BCUT2D eigenvalue weighted by atomic mass is 9.78. The van der Waals surface area contributed by atoms with Gasteiger partial charge in [0.2, 0.25) is 0 Å². The van der Waals surface area contributed by atoms with Gasteiger partial charge in [0, 0.05) is 11.1 Å². The van der Waals surface area contributed by atoms with Crippen LogP contribution in [0, 0.1) is 35.1 Å². The van der Waals surface area contributed by atoms with Crippen LogP contribution < -0.4 is 0 Å². The summed E-state index contributed by atoms with van der Waals surface area (Å²) in [6.45, 7) is 5.98. The molecule has 0 aliphatic heterocycles. The van der Waals surface area contributed by atoms with Crippen LogP contribution in [-0.2, 0) is 0 Å². The van der Waals surface area contributed by atoms with E-state index in [1.807, 2.05) is 6.08 Å². The van der Waals surface area contributed by atoms with Crippen LogP contribution in [-0.4, -0.2) is 0 Å². The number of halogens is 4. The largest absolute Gasteiger partial charge is 0.203 e. The Morgan fingerprint density at radius 2 is 1.06 bits per heavy atom. The molecule has 2 aliphatic rings. The molecule has 0 N–H and O–H groups in total. The first-order valence-electron chi connectivity index (χ1n) is 11.5. The molecule has 0 saturated heterocycles. The summed E-state index contributed by atoms with van der Waals surface area (Å²) in [6.07, 6.45) is 8.88. The second-order valence-corrected chi connectivity index (χ2v) is 9.46. The van der Waals surface area contributed by atoms with Gasteiger partial charge in [-0.3, -0.25) is 0 Å². The molecule has 0 radical (unpaired) electrons. The van der Waals surface area contributed by atoms with Crippen molar-refractivity contribution in [3.05, 3.63) is 71.3 Å². The number of benzene rings is 2. The molecular weight excluding hydrogens is 400 g/mol. The Morgan fingerprint density at radius 1 is 0.645 bits per heavy atom. The Morgan fingerprint density at radius 3 is 1.48 bits per heavy atom. The number of rotatable bonds is 4. The molecule has 4 heteroatoms. The molecule has 2 aromatic carbocycles. The van der Waals surface area contributed by atoms with Gasteiger partial charge in [0.1, 0.15) is 0 Å². The van der Waals surface area contributed by atoms with Gasteiger partial charge in [-0.1, -0.05) is 50.1 Å². The quantitative estimate of drug-likeness (QED) is 0.336. The van der Waals surface area contributed by atoms with E-state index in [1.165, 1.54) is 12.1 Å². The smallest absolute Gasteiger partial charge is 0.167 e. The third kappa shape index (κ3) is 4.31. The standard InChI is InChI=1S/C27H30F4/c1-3-17-6-10-19(11-7-17)21-13-15-23(27(31)25(21)29)22-14-12-20(24(28)26(22)30)18-8-4-16(2)5-9-18/h3,12-19H,1,4-11H2,2H3. The van der Waals surface area contributed by atoms with Crippen LogP contribution in [0.5, 0.6) is 0 Å². The third-order valence-corrected chi connectivity index (χ3v) is 7.52. The Kier molecular flexibility index (Phi) is 6.55. The van der Waals surface area contributed by atoms with Gasteiger partial charge < -0.3 is 0 Å². The van der Waals surface area contributed by atoms with Gasteiger partial charge in [-0.05, 0) is 73.3 Å². The number of hydrogen-bond acceptors (Lipinski definition) is 0. The van der Waals surface area contributed by atoms with Crippen LogP contribution in [0.15, 0.2) is 36.9 Å². The van der Waals surface area contributed by atoms with Gasteiger partial charge in [-0.25, -0.2) is 17.6 Å². The van der Waals surface area contributed by atoms with Gasteiger partial charge in [-0.15, -0.1) is 6.58 Å². The van der Waals surface area contributed by atoms with E-state index in [-0.39, 0.29) is 23.0 Å². The molecule has 2 fully saturated rings. The lowest BCUT2D eigenvalue weighted by Crippen LogP contribution is -2.14. The number of allylic oxidation sites excluding steroid dienone is 1. The second kappa shape index (κ2) is 9.18.